The molecule has 0 unspecified atom stereocenters. The maximum Gasteiger partial charge on any atom is 0.320 e. The van der Waals surface area contributed by atoms with E-state index in [-0.39, 0.29) is 24.4 Å². The number of nitrogens with two attached hydrogens (primary N) is 1. The van der Waals surface area contributed by atoms with Crippen molar-refractivity contribution in [3.05, 3.63) is 34.6 Å². The summed E-state index contributed by atoms with van der Waals surface area (Å²) in [6.45, 7) is 0. The average Bonchev–Trinajstić information content (AvgIpc) is 2.11. The molecule has 3 nitrogen and oxygen atoms in total. The van der Waals surface area contributed by atoms with Crippen molar-refractivity contribution in [2.75, 3.05) is 0 Å². The molecule has 1 atom stereocenters. The van der Waals surface area contributed by atoms with Crippen LogP contribution in [0.4, 0.5) is 4.39 Å². The molecule has 0 aliphatic heterocycles. The molecule has 6 heteroatoms. The van der Waals surface area contributed by atoms with E-state index < -0.39 is 17.8 Å². The van der Waals surface area contributed by atoms with E-state index in [0.717, 1.165) is 0 Å². The Labute approximate surface area is 97.4 Å². The van der Waals surface area contributed by atoms with Crippen LogP contribution in [0.1, 0.15) is 5.56 Å². The fraction of sp³-hybridized carbons (Fsp3) is 0.222. The van der Waals surface area contributed by atoms with E-state index in [9.17, 15) is 9.18 Å². The molecule has 0 amide bonds. The molecule has 0 spiro atoms. The number of carbonyl (C=O) groups is 1. The van der Waals surface area contributed by atoms with Crippen LogP contribution in [0.25, 0.3) is 0 Å². The normalized spacial score (nSPS) is 11.7. The van der Waals surface area contributed by atoms with Gasteiger partial charge in [0.25, 0.3) is 0 Å². The summed E-state index contributed by atoms with van der Waals surface area (Å²) in [5.41, 5.74) is 5.47. The van der Waals surface area contributed by atoms with Gasteiger partial charge >= 0.3 is 5.97 Å². The molecule has 15 heavy (non-hydrogen) atoms. The molecular weight excluding hydrogens is 244 g/mol. The monoisotopic (exact) mass is 253 g/mol. The molecule has 3 N–H and O–H groups in total. The summed E-state index contributed by atoms with van der Waals surface area (Å²) < 4.78 is 13.1. The fourth-order valence-corrected chi connectivity index (χ4v) is 1.22. The van der Waals surface area contributed by atoms with Crippen LogP contribution in [0.3, 0.4) is 0 Å². The van der Waals surface area contributed by atoms with Crippen molar-refractivity contribution >= 4 is 30.0 Å². The zero-order valence-electron chi connectivity index (χ0n) is 7.61. The number of carboxylic acid groups (broad SMARTS) is 1. The smallest absolute Gasteiger partial charge is 0.320 e. The first-order valence-corrected chi connectivity index (χ1v) is 4.31. The lowest BCUT2D eigenvalue weighted by Crippen LogP contribution is -2.32. The van der Waals surface area contributed by atoms with E-state index in [2.05, 4.69) is 0 Å². The lowest BCUT2D eigenvalue weighted by atomic mass is 10.1. The number of aliphatic carboxylic acids is 1. The minimum Gasteiger partial charge on any atom is -0.480 e. The molecule has 0 bridgehead atoms. The number of carboxylic acids is 1. The summed E-state index contributed by atoms with van der Waals surface area (Å²) in [5.74, 6) is -1.66. The molecule has 1 aromatic rings. The van der Waals surface area contributed by atoms with Crippen molar-refractivity contribution in [2.45, 2.75) is 12.5 Å². The number of hydrogen-bond acceptors (Lipinski definition) is 2. The third-order valence-electron chi connectivity index (χ3n) is 1.76. The van der Waals surface area contributed by atoms with Crippen LogP contribution >= 0.6 is 24.0 Å². The highest BCUT2D eigenvalue weighted by Crippen LogP contribution is 2.15. The summed E-state index contributed by atoms with van der Waals surface area (Å²) in [5, 5.41) is 8.88. The first-order chi connectivity index (χ1) is 6.50. The van der Waals surface area contributed by atoms with Crippen LogP contribution in [0.15, 0.2) is 18.2 Å². The fourth-order valence-electron chi connectivity index (χ4n) is 1.02. The molecule has 0 heterocycles. The maximum absolute atomic E-state index is 13.1. The molecule has 1 rings (SSSR count). The van der Waals surface area contributed by atoms with Gasteiger partial charge in [0.2, 0.25) is 0 Å². The van der Waals surface area contributed by atoms with Gasteiger partial charge in [-0.3, -0.25) is 4.79 Å². The van der Waals surface area contributed by atoms with Gasteiger partial charge in [-0.05, 0) is 23.8 Å². The molecule has 0 aromatic heterocycles. The Morgan fingerprint density at radius 1 is 1.60 bits per heavy atom. The predicted octanol–water partition coefficient (Wildman–Crippen LogP) is 1.86. The SMILES string of the molecule is Cl.N[C@H](Cc1cc(Cl)ccc1F)C(=O)O. The average molecular weight is 254 g/mol. The Kier molecular flexibility index (Phi) is 5.57. The molecule has 0 aliphatic carbocycles. The van der Waals surface area contributed by atoms with Gasteiger partial charge in [-0.25, -0.2) is 4.39 Å². The second-order valence-electron chi connectivity index (χ2n) is 2.88. The second-order valence-corrected chi connectivity index (χ2v) is 3.32. The van der Waals surface area contributed by atoms with Gasteiger partial charge in [0.05, 0.1) is 0 Å². The lowest BCUT2D eigenvalue weighted by molar-refractivity contribution is -0.138. The minimum absolute atomic E-state index is 0. The summed E-state index contributed by atoms with van der Waals surface area (Å²) in [6, 6.07) is 2.85. The first kappa shape index (κ1) is 14.2. The van der Waals surface area contributed by atoms with Crippen molar-refractivity contribution in [3.63, 3.8) is 0 Å². The maximum atomic E-state index is 13.1. The molecule has 0 aliphatic rings. The molecule has 1 aromatic carbocycles. The Balaban J connectivity index is 0.00000196. The summed E-state index contributed by atoms with van der Waals surface area (Å²) >= 11 is 5.62. The topological polar surface area (TPSA) is 63.3 Å². The predicted molar refractivity (Wildman–Crippen MR) is 58.0 cm³/mol. The molecule has 0 saturated carbocycles. The highest BCUT2D eigenvalue weighted by Gasteiger charge is 2.14. The first-order valence-electron chi connectivity index (χ1n) is 3.93. The molecule has 0 fully saturated rings. The standard InChI is InChI=1S/C9H9ClFNO2.ClH/c10-6-1-2-7(11)5(3-6)4-8(12)9(13)14;/h1-3,8H,4,12H2,(H,13,14);1H/t8-;/m1./s1. The number of halogens is 3. The van der Waals surface area contributed by atoms with Gasteiger partial charge in [-0.15, -0.1) is 12.4 Å². The Morgan fingerprint density at radius 3 is 2.73 bits per heavy atom. The van der Waals surface area contributed by atoms with Crippen LogP contribution in [-0.4, -0.2) is 17.1 Å². The van der Waals surface area contributed by atoms with Gasteiger partial charge in [0, 0.05) is 11.4 Å². The van der Waals surface area contributed by atoms with Crippen LogP contribution in [0.2, 0.25) is 5.02 Å². The zero-order valence-corrected chi connectivity index (χ0v) is 9.19. The second kappa shape index (κ2) is 5.90. The summed E-state index contributed by atoms with van der Waals surface area (Å²) in [4.78, 5) is 10.4. The molecule has 84 valence electrons. The largest absolute Gasteiger partial charge is 0.480 e. The molecular formula is C9H10Cl2FNO2. The van der Waals surface area contributed by atoms with Gasteiger partial charge in [-0.1, -0.05) is 11.6 Å². The van der Waals surface area contributed by atoms with Gasteiger partial charge in [0.15, 0.2) is 0 Å². The highest BCUT2D eigenvalue weighted by molar-refractivity contribution is 6.30. The van der Waals surface area contributed by atoms with Crippen molar-refractivity contribution in [2.24, 2.45) is 5.73 Å². The van der Waals surface area contributed by atoms with Gasteiger partial charge in [0.1, 0.15) is 11.9 Å². The molecule has 0 radical (unpaired) electrons. The van der Waals surface area contributed by atoms with Crippen molar-refractivity contribution in [1.29, 1.82) is 0 Å². The summed E-state index contributed by atoms with van der Waals surface area (Å²) in [6.07, 6.45) is -0.0677. The third-order valence-corrected chi connectivity index (χ3v) is 2.00. The van der Waals surface area contributed by atoms with Crippen LogP contribution in [-0.2, 0) is 11.2 Å². The molecule has 0 saturated heterocycles. The zero-order chi connectivity index (χ0) is 10.7. The van der Waals surface area contributed by atoms with Crippen LogP contribution in [0.5, 0.6) is 0 Å². The third kappa shape index (κ3) is 4.03. The van der Waals surface area contributed by atoms with E-state index in [1.807, 2.05) is 0 Å². The van der Waals surface area contributed by atoms with Crippen molar-refractivity contribution < 1.29 is 14.3 Å². The highest BCUT2D eigenvalue weighted by atomic mass is 35.5. The van der Waals surface area contributed by atoms with E-state index in [1.165, 1.54) is 18.2 Å². The minimum atomic E-state index is -1.16. The van der Waals surface area contributed by atoms with Crippen molar-refractivity contribution in [1.82, 2.24) is 0 Å². The van der Waals surface area contributed by atoms with Gasteiger partial charge in [-0.2, -0.15) is 0 Å². The van der Waals surface area contributed by atoms with Gasteiger partial charge < -0.3 is 10.8 Å². The van der Waals surface area contributed by atoms with Crippen molar-refractivity contribution in [3.8, 4) is 0 Å². The van der Waals surface area contributed by atoms with Crippen LogP contribution in [0, 0.1) is 5.82 Å². The Hall–Kier alpha value is -0.840. The van der Waals surface area contributed by atoms with E-state index in [0.29, 0.717) is 5.02 Å². The number of hydrogen-bond donors (Lipinski definition) is 2. The quantitative estimate of drug-likeness (QED) is 0.865. The number of benzene rings is 1. The lowest BCUT2D eigenvalue weighted by Gasteiger charge is -2.07. The summed E-state index contributed by atoms with van der Waals surface area (Å²) in [7, 11) is 0. The van der Waals surface area contributed by atoms with Crippen LogP contribution < -0.4 is 5.73 Å². The number of rotatable bonds is 3. The van der Waals surface area contributed by atoms with E-state index >= 15 is 0 Å². The Bertz CT molecular complexity index is 360. The van der Waals surface area contributed by atoms with E-state index in [1.54, 1.807) is 0 Å². The Morgan fingerprint density at radius 2 is 2.20 bits per heavy atom. The van der Waals surface area contributed by atoms with E-state index in [4.69, 9.17) is 22.4 Å².